The molecule has 0 aliphatic heterocycles. The minimum atomic E-state index is -0.758. The molecule has 1 amide bonds. The first-order valence-electron chi connectivity index (χ1n) is 13.8. The lowest BCUT2D eigenvalue weighted by Crippen LogP contribution is -2.29. The number of ether oxygens (including phenoxy) is 2. The van der Waals surface area contributed by atoms with Gasteiger partial charge in [-0.25, -0.2) is 8.78 Å². The highest BCUT2D eigenvalue weighted by atomic mass is 19.1. The zero-order valence-electron chi connectivity index (χ0n) is 24.3. The number of rotatable bonds is 9. The van der Waals surface area contributed by atoms with E-state index in [1.807, 2.05) is 66.7 Å². The van der Waals surface area contributed by atoms with Crippen LogP contribution in [0.3, 0.4) is 0 Å². The molecule has 5 aromatic rings. The van der Waals surface area contributed by atoms with Gasteiger partial charge in [0, 0.05) is 11.6 Å². The molecule has 5 N–H and O–H groups in total. The van der Waals surface area contributed by atoms with Crippen LogP contribution in [0, 0.1) is 11.6 Å². The highest BCUT2D eigenvalue weighted by Crippen LogP contribution is 2.25. The van der Waals surface area contributed by atoms with Crippen molar-refractivity contribution >= 4 is 33.5 Å². The predicted molar refractivity (Wildman–Crippen MR) is 168 cm³/mol. The second-order valence-corrected chi connectivity index (χ2v) is 9.95. The molecule has 5 rings (SSSR count). The van der Waals surface area contributed by atoms with Crippen LogP contribution < -0.4 is 20.5 Å². The maximum atomic E-state index is 13.6. The fourth-order valence-corrected chi connectivity index (χ4v) is 4.58. The number of aliphatic hydroxyl groups is 2. The summed E-state index contributed by atoms with van der Waals surface area (Å²) in [4.78, 5) is 12.2. The highest BCUT2D eigenvalue weighted by Gasteiger charge is 2.14. The first kappa shape index (κ1) is 32.1. The van der Waals surface area contributed by atoms with Gasteiger partial charge >= 0.3 is 0 Å². The van der Waals surface area contributed by atoms with Gasteiger partial charge in [0.1, 0.15) is 23.1 Å². The minimum absolute atomic E-state index is 0.0462. The Balaban J connectivity index is 0.000000233. The average molecular weight is 601 g/mol. The van der Waals surface area contributed by atoms with Crippen LogP contribution in [0.5, 0.6) is 11.5 Å². The Labute approximate surface area is 254 Å². The van der Waals surface area contributed by atoms with E-state index >= 15 is 0 Å². The van der Waals surface area contributed by atoms with Crippen molar-refractivity contribution in [3.05, 3.63) is 125 Å². The molecule has 0 radical (unpaired) electrons. The van der Waals surface area contributed by atoms with E-state index < -0.39 is 23.6 Å². The topological polar surface area (TPSA) is 114 Å². The third-order valence-corrected chi connectivity index (χ3v) is 7.07. The smallest absolute Gasteiger partial charge is 0.244 e. The van der Waals surface area contributed by atoms with Crippen LogP contribution in [0.25, 0.3) is 27.6 Å². The third kappa shape index (κ3) is 7.96. The van der Waals surface area contributed by atoms with Gasteiger partial charge in [-0.05, 0) is 87.3 Å². The summed E-state index contributed by atoms with van der Waals surface area (Å²) in [6, 6.07) is 25.4. The van der Waals surface area contributed by atoms with E-state index in [4.69, 9.17) is 20.3 Å². The monoisotopic (exact) mass is 600 g/mol. The minimum Gasteiger partial charge on any atom is -0.497 e. The second kappa shape index (κ2) is 15.1. The third-order valence-electron chi connectivity index (χ3n) is 7.07. The number of fused-ring (bicyclic) bond motifs is 2. The van der Waals surface area contributed by atoms with Crippen LogP contribution in [0.15, 0.2) is 97.1 Å². The van der Waals surface area contributed by atoms with Crippen molar-refractivity contribution in [3.8, 4) is 11.5 Å². The maximum absolute atomic E-state index is 13.6. The van der Waals surface area contributed by atoms with Gasteiger partial charge in [0.25, 0.3) is 0 Å². The van der Waals surface area contributed by atoms with Crippen LogP contribution in [-0.4, -0.2) is 43.6 Å². The number of carbonyl (C=O) groups excluding carboxylic acids is 1. The highest BCUT2D eigenvalue weighted by molar-refractivity contribution is 5.92. The SMILES string of the molecule is COc1ccc2ccc([C@@H](N)CO)cc2c1.COc1ccc2ccc([C@H](CO)NC(=O)/C=C/c3c(F)cccc3F)cc2c1. The lowest BCUT2D eigenvalue weighted by molar-refractivity contribution is -0.117. The molecular weight excluding hydrogens is 566 g/mol. The Morgan fingerprint density at radius 3 is 1.82 bits per heavy atom. The Hall–Kier alpha value is -4.83. The lowest BCUT2D eigenvalue weighted by atomic mass is 10.0. The number of hydrogen-bond donors (Lipinski definition) is 4. The van der Waals surface area contributed by atoms with Crippen molar-refractivity contribution in [2.24, 2.45) is 5.73 Å². The summed E-state index contributed by atoms with van der Waals surface area (Å²) in [5.74, 6) is -0.573. The quantitative estimate of drug-likeness (QED) is 0.158. The van der Waals surface area contributed by atoms with Crippen molar-refractivity contribution in [3.63, 3.8) is 0 Å². The van der Waals surface area contributed by atoms with Gasteiger partial charge in [-0.3, -0.25) is 4.79 Å². The van der Waals surface area contributed by atoms with E-state index in [1.54, 1.807) is 20.3 Å². The van der Waals surface area contributed by atoms with Crippen molar-refractivity contribution < 1.29 is 33.3 Å². The van der Waals surface area contributed by atoms with E-state index in [0.717, 1.165) is 57.1 Å². The number of nitrogens with two attached hydrogens (primary N) is 1. The summed E-state index contributed by atoms with van der Waals surface area (Å²) in [6.45, 7) is -0.376. The van der Waals surface area contributed by atoms with Gasteiger partial charge in [-0.1, -0.05) is 42.5 Å². The van der Waals surface area contributed by atoms with Gasteiger partial charge in [0.2, 0.25) is 5.91 Å². The summed E-state index contributed by atoms with van der Waals surface area (Å²) in [5, 5.41) is 25.4. The standard InChI is InChI=1S/C22H19F2NO3.C13H15NO2/c1-28-17-8-7-14-5-6-15(11-16(14)12-17)21(13-26)25-22(27)10-9-18-19(23)3-2-4-20(18)24;1-16-12-5-4-9-2-3-10(13(14)8-15)6-11(9)7-12/h2-12,21,26H,13H2,1H3,(H,25,27);2-7,13,15H,8,14H2,1H3/b10-9+;/t21-;13-/m00/s1. The average Bonchev–Trinajstić information content (AvgIpc) is 3.05. The molecule has 0 saturated heterocycles. The van der Waals surface area contributed by atoms with Gasteiger partial charge in [0.05, 0.1) is 39.5 Å². The predicted octanol–water partition coefficient (Wildman–Crippen LogP) is 5.83. The molecule has 7 nitrogen and oxygen atoms in total. The molecule has 0 spiro atoms. The fourth-order valence-electron chi connectivity index (χ4n) is 4.58. The number of amides is 1. The zero-order chi connectivity index (χ0) is 31.6. The number of benzene rings is 5. The molecule has 2 atom stereocenters. The molecule has 0 unspecified atom stereocenters. The van der Waals surface area contributed by atoms with Crippen molar-refractivity contribution in [2.45, 2.75) is 12.1 Å². The van der Waals surface area contributed by atoms with Crippen LogP contribution in [-0.2, 0) is 4.79 Å². The maximum Gasteiger partial charge on any atom is 0.244 e. The van der Waals surface area contributed by atoms with Crippen molar-refractivity contribution in [2.75, 3.05) is 27.4 Å². The summed E-state index contributed by atoms with van der Waals surface area (Å²) in [6.07, 6.45) is 2.11. The van der Waals surface area contributed by atoms with Gasteiger partial charge < -0.3 is 30.7 Å². The van der Waals surface area contributed by atoms with E-state index in [2.05, 4.69) is 5.32 Å². The molecule has 0 fully saturated rings. The van der Waals surface area contributed by atoms with Crippen LogP contribution >= 0.6 is 0 Å². The lowest BCUT2D eigenvalue weighted by Gasteiger charge is -2.16. The van der Waals surface area contributed by atoms with Crippen LogP contribution in [0.4, 0.5) is 8.78 Å². The van der Waals surface area contributed by atoms with E-state index in [9.17, 15) is 18.7 Å². The Bertz CT molecular complexity index is 1760. The molecule has 44 heavy (non-hydrogen) atoms. The Morgan fingerprint density at radius 2 is 1.30 bits per heavy atom. The number of aliphatic hydroxyl groups excluding tert-OH is 2. The van der Waals surface area contributed by atoms with Crippen molar-refractivity contribution in [1.82, 2.24) is 5.32 Å². The summed E-state index contributed by atoms with van der Waals surface area (Å²) in [5.41, 5.74) is 7.11. The molecule has 0 heterocycles. The van der Waals surface area contributed by atoms with E-state index in [1.165, 1.54) is 6.07 Å². The molecule has 0 aliphatic carbocycles. The molecule has 0 aromatic heterocycles. The first-order valence-corrected chi connectivity index (χ1v) is 13.8. The van der Waals surface area contributed by atoms with Crippen LogP contribution in [0.1, 0.15) is 28.8 Å². The summed E-state index contributed by atoms with van der Waals surface area (Å²) >= 11 is 0. The van der Waals surface area contributed by atoms with Gasteiger partial charge in [-0.2, -0.15) is 0 Å². The normalized spacial score (nSPS) is 12.4. The molecule has 0 aliphatic rings. The Morgan fingerprint density at radius 1 is 0.773 bits per heavy atom. The number of halogens is 2. The molecule has 5 aromatic carbocycles. The fraction of sp³-hybridized carbons (Fsp3) is 0.171. The van der Waals surface area contributed by atoms with Gasteiger partial charge in [-0.15, -0.1) is 0 Å². The summed E-state index contributed by atoms with van der Waals surface area (Å²) < 4.78 is 37.6. The second-order valence-electron chi connectivity index (χ2n) is 9.95. The van der Waals surface area contributed by atoms with Gasteiger partial charge in [0.15, 0.2) is 0 Å². The van der Waals surface area contributed by atoms with E-state index in [-0.39, 0.29) is 24.8 Å². The number of nitrogens with one attached hydrogen (secondary N) is 1. The molecule has 0 saturated carbocycles. The first-order chi connectivity index (χ1) is 21.3. The molecule has 9 heteroatoms. The molecule has 228 valence electrons. The van der Waals surface area contributed by atoms with E-state index in [0.29, 0.717) is 11.3 Å². The molecule has 0 bridgehead atoms. The number of methoxy groups -OCH3 is 2. The Kier molecular flexibility index (Phi) is 11.0. The number of hydrogen-bond acceptors (Lipinski definition) is 6. The van der Waals surface area contributed by atoms with Crippen molar-refractivity contribution in [1.29, 1.82) is 0 Å². The number of carbonyl (C=O) groups is 1. The zero-order valence-corrected chi connectivity index (χ0v) is 24.3. The van der Waals surface area contributed by atoms with Crippen LogP contribution in [0.2, 0.25) is 0 Å². The summed E-state index contributed by atoms with van der Waals surface area (Å²) in [7, 11) is 3.22. The largest absolute Gasteiger partial charge is 0.497 e. The molecular formula is C35H34F2N2O5.